The van der Waals surface area contributed by atoms with E-state index in [0.29, 0.717) is 29.2 Å². The molecule has 1 aromatic carbocycles. The van der Waals surface area contributed by atoms with E-state index in [2.05, 4.69) is 24.1 Å². The summed E-state index contributed by atoms with van der Waals surface area (Å²) in [5, 5.41) is 2.77. The van der Waals surface area contributed by atoms with E-state index in [-0.39, 0.29) is 11.7 Å². The molecule has 4 rings (SSSR count). The molecule has 1 amide bonds. The fourth-order valence-corrected chi connectivity index (χ4v) is 3.61. The van der Waals surface area contributed by atoms with Gasteiger partial charge in [0.25, 0.3) is 5.91 Å². The third kappa shape index (κ3) is 3.21. The Hall–Kier alpha value is -2.73. The van der Waals surface area contributed by atoms with E-state index in [9.17, 15) is 9.18 Å². The fourth-order valence-electron chi connectivity index (χ4n) is 3.61. The number of hydrogen-bond acceptors (Lipinski definition) is 4. The van der Waals surface area contributed by atoms with Crippen molar-refractivity contribution < 1.29 is 13.9 Å². The minimum absolute atomic E-state index is 0.274. The van der Waals surface area contributed by atoms with Crippen LogP contribution in [0.25, 0.3) is 11.3 Å². The van der Waals surface area contributed by atoms with Gasteiger partial charge in [-0.05, 0) is 43.4 Å². The second-order valence-corrected chi connectivity index (χ2v) is 6.71. The van der Waals surface area contributed by atoms with Crippen LogP contribution in [0.4, 0.5) is 10.1 Å². The van der Waals surface area contributed by atoms with Crippen LogP contribution in [-0.4, -0.2) is 35.4 Å². The molecule has 1 aromatic heterocycles. The van der Waals surface area contributed by atoms with Crippen LogP contribution in [0.3, 0.4) is 0 Å². The molecule has 2 aromatic rings. The van der Waals surface area contributed by atoms with Crippen LogP contribution in [0.1, 0.15) is 36.4 Å². The second-order valence-electron chi connectivity index (χ2n) is 6.71. The smallest absolute Gasteiger partial charge is 0.260 e. The summed E-state index contributed by atoms with van der Waals surface area (Å²) in [6.07, 6.45) is 0.870. The van der Waals surface area contributed by atoms with Crippen LogP contribution >= 0.6 is 0 Å². The normalized spacial score (nSPS) is 17.7. The first-order chi connectivity index (χ1) is 13.1. The van der Waals surface area contributed by atoms with E-state index in [1.165, 1.54) is 12.1 Å². The fraction of sp³-hybridized carbons (Fsp3) is 0.333. The van der Waals surface area contributed by atoms with E-state index < -0.39 is 0 Å². The van der Waals surface area contributed by atoms with E-state index in [4.69, 9.17) is 9.72 Å². The quantitative estimate of drug-likeness (QED) is 0.823. The molecular weight excluding hydrogens is 345 g/mol. The molecule has 5 nitrogen and oxygen atoms in total. The molecule has 0 unspecified atom stereocenters. The van der Waals surface area contributed by atoms with Crippen LogP contribution in [0.2, 0.25) is 0 Å². The molecule has 0 aliphatic carbocycles. The zero-order valence-corrected chi connectivity index (χ0v) is 15.5. The molecule has 0 bridgehead atoms. The summed E-state index contributed by atoms with van der Waals surface area (Å²) in [7, 11) is 0. The van der Waals surface area contributed by atoms with Crippen molar-refractivity contribution in [3.05, 3.63) is 58.7 Å². The molecule has 2 aliphatic heterocycles. The molecule has 2 aliphatic rings. The van der Waals surface area contributed by atoms with Crippen molar-refractivity contribution in [1.82, 2.24) is 9.88 Å². The molecule has 0 radical (unpaired) electrons. The number of rotatable bonds is 5. The van der Waals surface area contributed by atoms with Crippen molar-refractivity contribution in [3.8, 4) is 0 Å². The molecule has 140 valence electrons. The highest BCUT2D eigenvalue weighted by molar-refractivity contribution is 6.36. The highest BCUT2D eigenvalue weighted by Crippen LogP contribution is 2.41. The zero-order valence-electron chi connectivity index (χ0n) is 15.5. The number of nitrogens with one attached hydrogen (secondary N) is 1. The number of hydrogen-bond donors (Lipinski definition) is 1. The van der Waals surface area contributed by atoms with Gasteiger partial charge >= 0.3 is 0 Å². The van der Waals surface area contributed by atoms with Crippen LogP contribution in [0.15, 0.2) is 30.3 Å². The van der Waals surface area contributed by atoms with E-state index in [0.717, 1.165) is 43.0 Å². The number of pyridine rings is 1. The Morgan fingerprint density at radius 3 is 2.78 bits per heavy atom. The van der Waals surface area contributed by atoms with Gasteiger partial charge in [0.2, 0.25) is 0 Å². The zero-order chi connectivity index (χ0) is 19.0. The van der Waals surface area contributed by atoms with Gasteiger partial charge in [0.05, 0.1) is 11.3 Å². The van der Waals surface area contributed by atoms with E-state index >= 15 is 0 Å². The molecule has 27 heavy (non-hydrogen) atoms. The number of nitrogens with zero attached hydrogens (tertiary/aromatic N) is 2. The standard InChI is InChI=1S/C21H22FN3O2/c1-3-25(4-2)10-9-14-6-7-15-18(23-14)12-27-20(15)19-16-11-13(22)5-8-17(16)24-21(19)26/h5-8,11H,3-4,9-10,12H2,1-2H3,(H,24,26)/b20-19+. The van der Waals surface area contributed by atoms with Gasteiger partial charge in [0, 0.05) is 35.5 Å². The van der Waals surface area contributed by atoms with Crippen molar-refractivity contribution in [2.24, 2.45) is 0 Å². The summed E-state index contributed by atoms with van der Waals surface area (Å²) in [5.74, 6) is -0.176. The minimum Gasteiger partial charge on any atom is -0.486 e. The average Bonchev–Trinajstić information content (AvgIpc) is 3.21. The summed E-state index contributed by atoms with van der Waals surface area (Å²) in [6.45, 7) is 7.63. The number of halogens is 1. The summed E-state index contributed by atoms with van der Waals surface area (Å²) < 4.78 is 19.5. The Bertz CT molecular complexity index is 935. The lowest BCUT2D eigenvalue weighted by Gasteiger charge is -2.17. The molecule has 0 fully saturated rings. The maximum Gasteiger partial charge on any atom is 0.260 e. The monoisotopic (exact) mass is 367 g/mol. The first-order valence-corrected chi connectivity index (χ1v) is 9.30. The number of anilines is 1. The van der Waals surface area contributed by atoms with Crippen molar-refractivity contribution in [3.63, 3.8) is 0 Å². The van der Waals surface area contributed by atoms with Crippen LogP contribution < -0.4 is 5.32 Å². The van der Waals surface area contributed by atoms with Crippen molar-refractivity contribution in [2.45, 2.75) is 26.9 Å². The molecule has 3 heterocycles. The minimum atomic E-state index is -0.383. The summed E-state index contributed by atoms with van der Waals surface area (Å²) >= 11 is 0. The number of benzene rings is 1. The van der Waals surface area contributed by atoms with Crippen LogP contribution in [0.5, 0.6) is 0 Å². The summed E-state index contributed by atoms with van der Waals surface area (Å²) in [4.78, 5) is 19.5. The molecule has 6 heteroatoms. The van der Waals surface area contributed by atoms with Crippen LogP contribution in [-0.2, 0) is 22.6 Å². The number of ether oxygens (including phenoxy) is 1. The Morgan fingerprint density at radius 1 is 1.19 bits per heavy atom. The highest BCUT2D eigenvalue weighted by atomic mass is 19.1. The molecule has 0 saturated heterocycles. The van der Waals surface area contributed by atoms with Gasteiger partial charge in [0.1, 0.15) is 18.2 Å². The predicted molar refractivity (Wildman–Crippen MR) is 102 cm³/mol. The van der Waals surface area contributed by atoms with Crippen molar-refractivity contribution >= 4 is 22.9 Å². The molecule has 1 N–H and O–H groups in total. The first-order valence-electron chi connectivity index (χ1n) is 9.30. The van der Waals surface area contributed by atoms with Gasteiger partial charge in [-0.3, -0.25) is 9.78 Å². The SMILES string of the molecule is CCN(CC)CCc1ccc2c(n1)CO/C2=C1/C(=O)Nc2ccc(F)cc21. The van der Waals surface area contributed by atoms with Gasteiger partial charge in [-0.25, -0.2) is 4.39 Å². The van der Waals surface area contributed by atoms with Gasteiger partial charge in [-0.15, -0.1) is 0 Å². The largest absolute Gasteiger partial charge is 0.486 e. The highest BCUT2D eigenvalue weighted by Gasteiger charge is 2.33. The topological polar surface area (TPSA) is 54.5 Å². The second kappa shape index (κ2) is 7.12. The lowest BCUT2D eigenvalue weighted by Crippen LogP contribution is -2.25. The van der Waals surface area contributed by atoms with Gasteiger partial charge < -0.3 is 15.0 Å². The maximum atomic E-state index is 13.7. The number of carbonyl (C=O) groups excluding carboxylic acids is 1. The third-order valence-corrected chi connectivity index (χ3v) is 5.16. The first kappa shape index (κ1) is 17.7. The van der Waals surface area contributed by atoms with Crippen molar-refractivity contribution in [2.75, 3.05) is 25.0 Å². The van der Waals surface area contributed by atoms with E-state index in [1.807, 2.05) is 12.1 Å². The Labute approximate surface area is 157 Å². The molecule has 0 saturated carbocycles. The predicted octanol–water partition coefficient (Wildman–Crippen LogP) is 3.46. The Balaban J connectivity index is 1.66. The summed E-state index contributed by atoms with van der Waals surface area (Å²) in [5.41, 5.74) is 4.16. The molecule has 0 atom stereocenters. The Morgan fingerprint density at radius 2 is 2.00 bits per heavy atom. The maximum absolute atomic E-state index is 13.7. The van der Waals surface area contributed by atoms with Crippen LogP contribution in [0, 0.1) is 5.82 Å². The molecule has 0 spiro atoms. The van der Waals surface area contributed by atoms with Gasteiger partial charge in [-0.2, -0.15) is 0 Å². The summed E-state index contributed by atoms with van der Waals surface area (Å²) in [6, 6.07) is 8.21. The average molecular weight is 367 g/mol. The number of likely N-dealkylation sites (N-methyl/N-ethyl adjacent to an activating group) is 1. The number of fused-ring (bicyclic) bond motifs is 2. The lowest BCUT2D eigenvalue weighted by atomic mass is 10.0. The number of amides is 1. The van der Waals surface area contributed by atoms with Crippen molar-refractivity contribution in [1.29, 1.82) is 0 Å². The lowest BCUT2D eigenvalue weighted by molar-refractivity contribution is -0.110. The molecular formula is C21H22FN3O2. The number of aromatic nitrogens is 1. The van der Waals surface area contributed by atoms with Gasteiger partial charge in [0.15, 0.2) is 0 Å². The Kier molecular flexibility index (Phi) is 4.66. The number of carbonyl (C=O) groups is 1. The van der Waals surface area contributed by atoms with Gasteiger partial charge in [-0.1, -0.05) is 13.8 Å². The third-order valence-electron chi connectivity index (χ3n) is 5.16. The van der Waals surface area contributed by atoms with E-state index in [1.54, 1.807) is 6.07 Å².